The first-order valence-electron chi connectivity index (χ1n) is 5.96. The van der Waals surface area contributed by atoms with E-state index in [0.717, 1.165) is 12.8 Å². The number of nitrogens with one attached hydrogen (secondary N) is 1. The van der Waals surface area contributed by atoms with E-state index in [-0.39, 0.29) is 18.1 Å². The Morgan fingerprint density at radius 2 is 2.11 bits per heavy atom. The molecule has 1 aromatic carbocycles. The molecule has 2 rings (SSSR count). The van der Waals surface area contributed by atoms with Crippen LogP contribution in [0.1, 0.15) is 23.2 Å². The number of aliphatic hydroxyl groups is 1. The number of hydrogen-bond donors (Lipinski definition) is 2. The summed E-state index contributed by atoms with van der Waals surface area (Å²) >= 11 is 0. The summed E-state index contributed by atoms with van der Waals surface area (Å²) in [6.45, 7) is 4.01. The van der Waals surface area contributed by atoms with E-state index in [1.165, 1.54) is 0 Å². The Morgan fingerprint density at radius 1 is 1.44 bits per heavy atom. The van der Waals surface area contributed by atoms with Crippen LogP contribution in [0.2, 0.25) is 0 Å². The maximum absolute atomic E-state index is 11.9. The summed E-state index contributed by atoms with van der Waals surface area (Å²) in [5.74, 6) is 0.548. The van der Waals surface area contributed by atoms with Crippen LogP contribution in [0, 0.1) is 0 Å². The SMILES string of the molecule is C=CCOc1ccc(C(=O)NC2(CO)CC2)cc1. The van der Waals surface area contributed by atoms with Gasteiger partial charge in [0.15, 0.2) is 0 Å². The van der Waals surface area contributed by atoms with Crippen molar-refractivity contribution in [3.05, 3.63) is 42.5 Å². The van der Waals surface area contributed by atoms with Crippen LogP contribution in [0.5, 0.6) is 5.75 Å². The minimum Gasteiger partial charge on any atom is -0.490 e. The minimum absolute atomic E-state index is 0.000725. The summed E-state index contributed by atoms with van der Waals surface area (Å²) in [5, 5.41) is 12.0. The van der Waals surface area contributed by atoms with Crippen LogP contribution in [0.25, 0.3) is 0 Å². The number of hydrogen-bond acceptors (Lipinski definition) is 3. The third-order valence-corrected chi connectivity index (χ3v) is 3.02. The Morgan fingerprint density at radius 3 is 2.61 bits per heavy atom. The van der Waals surface area contributed by atoms with Gasteiger partial charge >= 0.3 is 0 Å². The lowest BCUT2D eigenvalue weighted by atomic mass is 10.2. The number of carbonyl (C=O) groups excluding carboxylic acids is 1. The molecule has 96 valence electrons. The molecular weight excluding hydrogens is 230 g/mol. The van der Waals surface area contributed by atoms with Gasteiger partial charge in [0.25, 0.3) is 5.91 Å². The van der Waals surface area contributed by atoms with E-state index in [4.69, 9.17) is 9.84 Å². The predicted molar refractivity (Wildman–Crippen MR) is 68.7 cm³/mol. The van der Waals surface area contributed by atoms with Gasteiger partial charge in [0, 0.05) is 5.56 Å². The van der Waals surface area contributed by atoms with E-state index < -0.39 is 0 Å². The second-order valence-electron chi connectivity index (χ2n) is 4.52. The number of ether oxygens (including phenoxy) is 1. The van der Waals surface area contributed by atoms with Crippen molar-refractivity contribution in [2.45, 2.75) is 18.4 Å². The fourth-order valence-electron chi connectivity index (χ4n) is 1.64. The molecular formula is C14H17NO3. The fraction of sp³-hybridized carbons (Fsp3) is 0.357. The van der Waals surface area contributed by atoms with Crippen LogP contribution >= 0.6 is 0 Å². The lowest BCUT2D eigenvalue weighted by Gasteiger charge is -2.14. The normalized spacial score (nSPS) is 15.8. The summed E-state index contributed by atoms with van der Waals surface area (Å²) in [6.07, 6.45) is 3.35. The number of amides is 1. The molecule has 1 amide bonds. The molecule has 18 heavy (non-hydrogen) atoms. The molecule has 2 N–H and O–H groups in total. The Labute approximate surface area is 106 Å². The molecule has 0 unspecified atom stereocenters. The molecule has 4 heteroatoms. The van der Waals surface area contributed by atoms with Crippen molar-refractivity contribution in [2.24, 2.45) is 0 Å². The molecule has 0 aliphatic heterocycles. The van der Waals surface area contributed by atoms with Crippen LogP contribution in [0.4, 0.5) is 0 Å². The highest BCUT2D eigenvalue weighted by molar-refractivity contribution is 5.95. The van der Waals surface area contributed by atoms with Crippen molar-refractivity contribution in [1.29, 1.82) is 0 Å². The lowest BCUT2D eigenvalue weighted by molar-refractivity contribution is 0.0907. The molecule has 1 aliphatic rings. The maximum atomic E-state index is 11.9. The first-order valence-corrected chi connectivity index (χ1v) is 5.96. The van der Waals surface area contributed by atoms with E-state index in [1.807, 2.05) is 0 Å². The summed E-state index contributed by atoms with van der Waals surface area (Å²) in [6, 6.07) is 6.91. The standard InChI is InChI=1S/C14H17NO3/c1-2-9-18-12-5-3-11(4-6-12)13(17)15-14(10-16)7-8-14/h2-6,16H,1,7-10H2,(H,15,17). The molecule has 0 bridgehead atoms. The van der Waals surface area contributed by atoms with Gasteiger partial charge in [0.1, 0.15) is 12.4 Å². The first kappa shape index (κ1) is 12.6. The molecule has 0 saturated heterocycles. The molecule has 1 aromatic rings. The zero-order chi connectivity index (χ0) is 13.0. The van der Waals surface area contributed by atoms with Crippen LogP contribution in [-0.2, 0) is 0 Å². The maximum Gasteiger partial charge on any atom is 0.251 e. The molecule has 1 fully saturated rings. The summed E-state index contributed by atoms with van der Waals surface area (Å²) < 4.78 is 5.33. The highest BCUT2D eigenvalue weighted by Gasteiger charge is 2.43. The molecule has 0 spiro atoms. The predicted octanol–water partition coefficient (Wildman–Crippen LogP) is 1.51. The van der Waals surface area contributed by atoms with Crippen LogP contribution in [0.15, 0.2) is 36.9 Å². The zero-order valence-corrected chi connectivity index (χ0v) is 10.2. The third kappa shape index (κ3) is 2.90. The van der Waals surface area contributed by atoms with Gasteiger partial charge in [-0.25, -0.2) is 0 Å². The van der Waals surface area contributed by atoms with Crippen LogP contribution < -0.4 is 10.1 Å². The van der Waals surface area contributed by atoms with Crippen molar-refractivity contribution < 1.29 is 14.6 Å². The second kappa shape index (κ2) is 5.23. The number of aliphatic hydroxyl groups excluding tert-OH is 1. The van der Waals surface area contributed by atoms with Gasteiger partial charge in [0.05, 0.1) is 12.1 Å². The molecule has 0 aromatic heterocycles. The van der Waals surface area contributed by atoms with Gasteiger partial charge in [-0.1, -0.05) is 12.7 Å². The topological polar surface area (TPSA) is 58.6 Å². The molecule has 4 nitrogen and oxygen atoms in total. The van der Waals surface area contributed by atoms with E-state index in [9.17, 15) is 4.79 Å². The summed E-state index contributed by atoms with van der Waals surface area (Å²) in [5.41, 5.74) is 0.190. The van der Waals surface area contributed by atoms with Gasteiger partial charge in [-0.05, 0) is 37.1 Å². The zero-order valence-electron chi connectivity index (χ0n) is 10.2. The van der Waals surface area contributed by atoms with Crippen molar-refractivity contribution >= 4 is 5.91 Å². The van der Waals surface area contributed by atoms with Gasteiger partial charge in [0.2, 0.25) is 0 Å². The van der Waals surface area contributed by atoms with Crippen molar-refractivity contribution in [3.8, 4) is 5.75 Å². The number of benzene rings is 1. The molecule has 0 atom stereocenters. The van der Waals surface area contributed by atoms with E-state index >= 15 is 0 Å². The largest absolute Gasteiger partial charge is 0.490 e. The first-order chi connectivity index (χ1) is 8.69. The lowest BCUT2D eigenvalue weighted by Crippen LogP contribution is -2.39. The highest BCUT2D eigenvalue weighted by Crippen LogP contribution is 2.34. The third-order valence-electron chi connectivity index (χ3n) is 3.02. The van der Waals surface area contributed by atoms with Gasteiger partial charge in [-0.3, -0.25) is 4.79 Å². The fourth-order valence-corrected chi connectivity index (χ4v) is 1.64. The van der Waals surface area contributed by atoms with Crippen molar-refractivity contribution in [2.75, 3.05) is 13.2 Å². The van der Waals surface area contributed by atoms with Gasteiger partial charge in [-0.15, -0.1) is 0 Å². The van der Waals surface area contributed by atoms with E-state index in [2.05, 4.69) is 11.9 Å². The average molecular weight is 247 g/mol. The Hall–Kier alpha value is -1.81. The van der Waals surface area contributed by atoms with Crippen LogP contribution in [0.3, 0.4) is 0 Å². The Balaban J connectivity index is 1.96. The van der Waals surface area contributed by atoms with E-state index in [0.29, 0.717) is 17.9 Å². The smallest absolute Gasteiger partial charge is 0.251 e. The average Bonchev–Trinajstić information content (AvgIpc) is 3.17. The molecule has 0 heterocycles. The Kier molecular flexibility index (Phi) is 3.67. The monoisotopic (exact) mass is 247 g/mol. The van der Waals surface area contributed by atoms with E-state index in [1.54, 1.807) is 30.3 Å². The van der Waals surface area contributed by atoms with Crippen LogP contribution in [-0.4, -0.2) is 29.8 Å². The van der Waals surface area contributed by atoms with Gasteiger partial charge in [-0.2, -0.15) is 0 Å². The molecule has 1 saturated carbocycles. The number of rotatable bonds is 6. The second-order valence-corrected chi connectivity index (χ2v) is 4.52. The summed E-state index contributed by atoms with van der Waals surface area (Å²) in [7, 11) is 0. The summed E-state index contributed by atoms with van der Waals surface area (Å²) in [4.78, 5) is 11.9. The van der Waals surface area contributed by atoms with Crippen molar-refractivity contribution in [1.82, 2.24) is 5.32 Å². The molecule has 0 radical (unpaired) electrons. The minimum atomic E-state index is -0.380. The molecule has 1 aliphatic carbocycles. The van der Waals surface area contributed by atoms with Gasteiger partial charge < -0.3 is 15.2 Å². The highest BCUT2D eigenvalue weighted by atomic mass is 16.5. The number of carbonyl (C=O) groups is 1. The quantitative estimate of drug-likeness (QED) is 0.749. The van der Waals surface area contributed by atoms with Crippen molar-refractivity contribution in [3.63, 3.8) is 0 Å². The Bertz CT molecular complexity index is 435.